The largest absolute Gasteiger partial charge is 0.475 e. The smallest absolute Gasteiger partial charge is 0.462 e. The van der Waals surface area contributed by atoms with Gasteiger partial charge in [0.15, 0.2) is 12.1 Å². The van der Waals surface area contributed by atoms with Gasteiger partial charge in [0, 0.05) is 12.3 Å². The highest BCUT2D eigenvalue weighted by Gasteiger charge is 2.60. The van der Waals surface area contributed by atoms with Crippen LogP contribution in [0, 0.1) is 23.7 Å². The molecule has 0 radical (unpaired) electrons. The Hall–Kier alpha value is -2.75. The van der Waals surface area contributed by atoms with E-state index < -0.39 is 73.0 Å². The lowest BCUT2D eigenvalue weighted by molar-refractivity contribution is -0.167. The second kappa shape index (κ2) is 11.3. The first-order valence-electron chi connectivity index (χ1n) is 11.7. The molecule has 2 saturated heterocycles. The first-order chi connectivity index (χ1) is 17.3. The maximum absolute atomic E-state index is 13.3. The number of phosphoric acid groups is 1. The van der Waals surface area contributed by atoms with Crippen LogP contribution >= 0.6 is 7.82 Å². The number of hydrogen-bond acceptors (Lipinski definition) is 11. The highest BCUT2D eigenvalue weighted by Crippen LogP contribution is 2.60. The summed E-state index contributed by atoms with van der Waals surface area (Å²) < 4.78 is 46.9. The van der Waals surface area contributed by atoms with E-state index in [1.165, 1.54) is 6.20 Å². The minimum absolute atomic E-state index is 0.208. The van der Waals surface area contributed by atoms with Gasteiger partial charge in [-0.15, -0.1) is 6.42 Å². The van der Waals surface area contributed by atoms with E-state index in [-0.39, 0.29) is 19.6 Å². The summed E-state index contributed by atoms with van der Waals surface area (Å²) in [6.07, 6.45) is 3.02. The van der Waals surface area contributed by atoms with Crippen molar-refractivity contribution in [1.29, 1.82) is 0 Å². The number of ether oxygens (including phenoxy) is 3. The Bertz CT molecular complexity index is 1190. The number of carbonyl (C=O) groups excluding carboxylic acids is 2. The Morgan fingerprint density at radius 3 is 2.41 bits per heavy atom. The Morgan fingerprint density at radius 2 is 1.86 bits per heavy atom. The van der Waals surface area contributed by atoms with Crippen molar-refractivity contribution in [3.8, 4) is 12.3 Å². The van der Waals surface area contributed by atoms with E-state index in [9.17, 15) is 23.7 Å². The molecule has 37 heavy (non-hydrogen) atoms. The lowest BCUT2D eigenvalue weighted by atomic mass is 9.83. The highest BCUT2D eigenvalue weighted by atomic mass is 31.2. The van der Waals surface area contributed by atoms with E-state index in [0.717, 1.165) is 10.6 Å². The third-order valence-electron chi connectivity index (χ3n) is 5.73. The van der Waals surface area contributed by atoms with Crippen LogP contribution in [0.4, 0.5) is 0 Å². The van der Waals surface area contributed by atoms with E-state index in [0.29, 0.717) is 0 Å². The lowest BCUT2D eigenvalue weighted by Gasteiger charge is -2.35. The lowest BCUT2D eigenvalue weighted by Crippen LogP contribution is -2.43. The summed E-state index contributed by atoms with van der Waals surface area (Å²) in [5.41, 5.74) is -2.64. The van der Waals surface area contributed by atoms with Crippen molar-refractivity contribution in [3.63, 3.8) is 0 Å². The van der Waals surface area contributed by atoms with Crippen LogP contribution in [0.2, 0.25) is 0 Å². The average Bonchev–Trinajstić information content (AvgIpc) is 3.07. The summed E-state index contributed by atoms with van der Waals surface area (Å²) in [5, 5.41) is 0. The molecule has 0 bridgehead atoms. The molecule has 5 atom stereocenters. The number of nitrogens with one attached hydrogen (secondary N) is 1. The minimum atomic E-state index is -4.21. The van der Waals surface area contributed by atoms with Crippen molar-refractivity contribution in [2.24, 2.45) is 11.3 Å². The van der Waals surface area contributed by atoms with Gasteiger partial charge in [-0.25, -0.2) is 9.36 Å². The quantitative estimate of drug-likeness (QED) is 0.208. The topological polar surface area (TPSA) is 161 Å². The van der Waals surface area contributed by atoms with Crippen molar-refractivity contribution < 1.29 is 41.9 Å². The van der Waals surface area contributed by atoms with Crippen molar-refractivity contribution >= 4 is 19.8 Å². The standard InChI is InChI=1S/C23H31N2O11P/c1-7-23(6)18-16(35-21(23)25-10-8-17(26)24-22(25)29)12-32-37(30,36-18)31-11-9-15(19(27)33-13(2)3)20(28)34-14(4)5/h1,8,10,13-16,18,21H,9,11-12H2,2-6H3,(H,24,26,29)/t16-,18-,21-,23-,37?/m1/s1. The molecule has 1 N–H and O–H groups in total. The molecule has 204 valence electrons. The van der Waals surface area contributed by atoms with Crippen molar-refractivity contribution in [1.82, 2.24) is 9.55 Å². The van der Waals surface area contributed by atoms with Gasteiger partial charge in [0.1, 0.15) is 17.6 Å². The number of aromatic nitrogens is 2. The monoisotopic (exact) mass is 542 g/mol. The van der Waals surface area contributed by atoms with Gasteiger partial charge in [0.05, 0.1) is 25.4 Å². The van der Waals surface area contributed by atoms with Crippen LogP contribution in [0.3, 0.4) is 0 Å². The van der Waals surface area contributed by atoms with Gasteiger partial charge in [-0.1, -0.05) is 5.92 Å². The van der Waals surface area contributed by atoms with Crippen LogP contribution < -0.4 is 11.2 Å². The van der Waals surface area contributed by atoms with Gasteiger partial charge in [0.25, 0.3) is 5.56 Å². The number of phosphoric ester groups is 1. The molecule has 0 saturated carbocycles. The predicted octanol–water partition coefficient (Wildman–Crippen LogP) is 1.52. The van der Waals surface area contributed by atoms with Gasteiger partial charge in [-0.3, -0.25) is 37.5 Å². The fraction of sp³-hybridized carbons (Fsp3) is 0.652. The number of fused-ring (bicyclic) bond motifs is 1. The molecule has 0 aliphatic carbocycles. The summed E-state index contributed by atoms with van der Waals surface area (Å²) in [6, 6.07) is 1.14. The number of nitrogens with zero attached hydrogens (tertiary/aromatic N) is 1. The fourth-order valence-corrected chi connectivity index (χ4v) is 5.46. The molecule has 0 aromatic carbocycles. The Balaban J connectivity index is 1.73. The fourth-order valence-electron chi connectivity index (χ4n) is 3.97. The number of aromatic amines is 1. The molecular formula is C23H31N2O11P. The van der Waals surface area contributed by atoms with Gasteiger partial charge in [-0.05, 0) is 41.0 Å². The SMILES string of the molecule is C#C[C@]1(C)[C@@H]2OP(=O)(OCCC(C(=O)OC(C)C)C(=O)OC(C)C)OC[C@H]2O[C@H]1n1ccc(=O)[nH]c1=O. The molecule has 0 amide bonds. The zero-order valence-electron chi connectivity index (χ0n) is 21.2. The maximum atomic E-state index is 13.3. The molecule has 2 aliphatic heterocycles. The van der Waals surface area contributed by atoms with Crippen LogP contribution in [-0.4, -0.2) is 59.1 Å². The molecule has 2 aliphatic rings. The molecule has 14 heteroatoms. The molecule has 3 heterocycles. The molecule has 1 unspecified atom stereocenters. The van der Waals surface area contributed by atoms with Crippen LogP contribution in [0.5, 0.6) is 0 Å². The van der Waals surface area contributed by atoms with Crippen LogP contribution in [-0.2, 0) is 41.9 Å². The van der Waals surface area contributed by atoms with E-state index >= 15 is 0 Å². The van der Waals surface area contributed by atoms with Gasteiger partial charge in [-0.2, -0.15) is 0 Å². The van der Waals surface area contributed by atoms with E-state index in [4.69, 9.17) is 34.2 Å². The summed E-state index contributed by atoms with van der Waals surface area (Å²) >= 11 is 0. The number of terminal acetylenes is 1. The van der Waals surface area contributed by atoms with Crippen LogP contribution in [0.15, 0.2) is 21.9 Å². The molecule has 13 nitrogen and oxygen atoms in total. The van der Waals surface area contributed by atoms with E-state index in [1.807, 2.05) is 0 Å². The first-order valence-corrected chi connectivity index (χ1v) is 13.2. The average molecular weight is 542 g/mol. The third kappa shape index (κ3) is 6.40. The number of hydrogen-bond donors (Lipinski definition) is 1. The zero-order chi connectivity index (χ0) is 27.5. The van der Waals surface area contributed by atoms with Crippen LogP contribution in [0.1, 0.15) is 47.3 Å². The Morgan fingerprint density at radius 1 is 1.24 bits per heavy atom. The first kappa shape index (κ1) is 28.8. The number of carbonyl (C=O) groups is 2. The summed E-state index contributed by atoms with van der Waals surface area (Å²) in [6.45, 7) is 7.53. The van der Waals surface area contributed by atoms with Gasteiger partial charge < -0.3 is 14.2 Å². The summed E-state index contributed by atoms with van der Waals surface area (Å²) in [5.74, 6) is -0.357. The molecule has 1 aromatic rings. The molecule has 3 rings (SSSR count). The van der Waals surface area contributed by atoms with Crippen molar-refractivity contribution in [2.75, 3.05) is 13.2 Å². The summed E-state index contributed by atoms with van der Waals surface area (Å²) in [7, 11) is -4.21. The third-order valence-corrected chi connectivity index (χ3v) is 7.18. The van der Waals surface area contributed by atoms with Gasteiger partial charge in [0.2, 0.25) is 0 Å². The number of rotatable bonds is 9. The highest BCUT2D eigenvalue weighted by molar-refractivity contribution is 7.48. The van der Waals surface area contributed by atoms with Crippen molar-refractivity contribution in [3.05, 3.63) is 33.1 Å². The zero-order valence-corrected chi connectivity index (χ0v) is 22.1. The minimum Gasteiger partial charge on any atom is -0.462 e. The normalized spacial score (nSPS) is 29.2. The van der Waals surface area contributed by atoms with Crippen molar-refractivity contribution in [2.45, 2.75) is 71.7 Å². The van der Waals surface area contributed by atoms with E-state index in [1.54, 1.807) is 34.6 Å². The number of H-pyrrole nitrogens is 1. The molecule has 0 spiro atoms. The van der Waals surface area contributed by atoms with Crippen LogP contribution in [0.25, 0.3) is 0 Å². The maximum Gasteiger partial charge on any atom is 0.475 e. The molecular weight excluding hydrogens is 511 g/mol. The van der Waals surface area contributed by atoms with Gasteiger partial charge >= 0.3 is 25.5 Å². The molecule has 1 aromatic heterocycles. The summed E-state index contributed by atoms with van der Waals surface area (Å²) in [4.78, 5) is 50.8. The second-order valence-electron chi connectivity index (χ2n) is 9.39. The predicted molar refractivity (Wildman–Crippen MR) is 127 cm³/mol. The second-order valence-corrected chi connectivity index (χ2v) is 11.0. The molecule has 2 fully saturated rings. The van der Waals surface area contributed by atoms with E-state index in [2.05, 4.69) is 10.9 Å². The number of esters is 2. The Labute approximate surface area is 213 Å². The Kier molecular flexibility index (Phi) is 8.82.